The van der Waals surface area contributed by atoms with Gasteiger partial charge in [-0.2, -0.15) is 10.1 Å². The Hall–Kier alpha value is -2.41. The van der Waals surface area contributed by atoms with E-state index >= 15 is 0 Å². The molecule has 8 heteroatoms. The molecule has 1 aromatic heterocycles. The largest absolute Gasteiger partial charge is 0.324 e. The highest BCUT2D eigenvalue weighted by Gasteiger charge is 2.32. The van der Waals surface area contributed by atoms with Gasteiger partial charge in [-0.25, -0.2) is 4.68 Å². The van der Waals surface area contributed by atoms with Gasteiger partial charge in [-0.05, 0) is 31.5 Å². The van der Waals surface area contributed by atoms with Gasteiger partial charge in [0.25, 0.3) is 0 Å². The van der Waals surface area contributed by atoms with Crippen molar-refractivity contribution in [1.29, 1.82) is 0 Å². The second-order valence-electron chi connectivity index (χ2n) is 5.10. The van der Waals surface area contributed by atoms with Gasteiger partial charge in [0, 0.05) is 10.7 Å². The van der Waals surface area contributed by atoms with E-state index in [4.69, 9.17) is 11.6 Å². The maximum Gasteiger partial charge on any atom is 0.249 e. The van der Waals surface area contributed by atoms with E-state index in [1.807, 2.05) is 6.92 Å². The molecule has 0 radical (unpaired) electrons. The SMILES string of the molecule is Cc1nc2n(n1)C(C(=O)Nc1cccc(Cl)c1C)CC(=O)N2. The molecule has 2 aromatic rings. The van der Waals surface area contributed by atoms with Crippen LogP contribution in [0.3, 0.4) is 0 Å². The molecule has 0 aliphatic carbocycles. The van der Waals surface area contributed by atoms with Crippen molar-refractivity contribution in [2.45, 2.75) is 26.3 Å². The Balaban J connectivity index is 1.89. The molecule has 3 rings (SSSR count). The van der Waals surface area contributed by atoms with Crippen LogP contribution in [0, 0.1) is 13.8 Å². The molecule has 2 amide bonds. The Morgan fingerprint density at radius 3 is 3.00 bits per heavy atom. The van der Waals surface area contributed by atoms with Gasteiger partial charge < -0.3 is 5.32 Å². The zero-order valence-corrected chi connectivity index (χ0v) is 12.8. The van der Waals surface area contributed by atoms with Crippen molar-refractivity contribution in [2.24, 2.45) is 0 Å². The standard InChI is InChI=1S/C14H14ClN5O2/c1-7-9(15)4-3-5-10(7)17-13(22)11-6-12(21)18-14-16-8(2)19-20(11)14/h3-5,11H,6H2,1-2H3,(H,17,22)(H,16,18,19,21). The van der Waals surface area contributed by atoms with Crippen molar-refractivity contribution in [3.8, 4) is 0 Å². The van der Waals surface area contributed by atoms with Crippen LogP contribution in [0.15, 0.2) is 18.2 Å². The minimum Gasteiger partial charge on any atom is -0.324 e. The number of anilines is 2. The van der Waals surface area contributed by atoms with Crippen LogP contribution in [0.4, 0.5) is 11.6 Å². The smallest absolute Gasteiger partial charge is 0.249 e. The summed E-state index contributed by atoms with van der Waals surface area (Å²) < 4.78 is 1.44. The molecule has 1 aromatic carbocycles. The Kier molecular flexibility index (Phi) is 3.58. The van der Waals surface area contributed by atoms with Gasteiger partial charge in [0.1, 0.15) is 11.9 Å². The molecule has 1 aliphatic rings. The molecular weight excluding hydrogens is 306 g/mol. The molecule has 0 saturated carbocycles. The lowest BCUT2D eigenvalue weighted by Gasteiger charge is -2.23. The van der Waals surface area contributed by atoms with Gasteiger partial charge in [0.05, 0.1) is 6.42 Å². The van der Waals surface area contributed by atoms with E-state index in [1.54, 1.807) is 25.1 Å². The van der Waals surface area contributed by atoms with Crippen LogP contribution in [0.2, 0.25) is 5.02 Å². The highest BCUT2D eigenvalue weighted by molar-refractivity contribution is 6.31. The topological polar surface area (TPSA) is 88.9 Å². The number of amides is 2. The first-order chi connectivity index (χ1) is 10.5. The third kappa shape index (κ3) is 2.55. The summed E-state index contributed by atoms with van der Waals surface area (Å²) in [6.45, 7) is 3.52. The number of fused-ring (bicyclic) bond motifs is 1. The van der Waals surface area contributed by atoms with E-state index in [-0.39, 0.29) is 24.2 Å². The summed E-state index contributed by atoms with van der Waals surface area (Å²) in [6, 6.07) is 4.53. The summed E-state index contributed by atoms with van der Waals surface area (Å²) in [5.74, 6) is 0.194. The normalized spacial score (nSPS) is 16.9. The maximum atomic E-state index is 12.5. The monoisotopic (exact) mass is 319 g/mol. The number of carbonyl (C=O) groups excluding carboxylic acids is 2. The lowest BCUT2D eigenvalue weighted by molar-refractivity contribution is -0.125. The predicted molar refractivity (Wildman–Crippen MR) is 81.9 cm³/mol. The first-order valence-corrected chi connectivity index (χ1v) is 7.12. The summed E-state index contributed by atoms with van der Waals surface area (Å²) in [4.78, 5) is 28.3. The van der Waals surface area contributed by atoms with Crippen molar-refractivity contribution in [3.63, 3.8) is 0 Å². The lowest BCUT2D eigenvalue weighted by atomic mass is 10.1. The van der Waals surface area contributed by atoms with E-state index in [0.717, 1.165) is 5.56 Å². The fourth-order valence-corrected chi connectivity index (χ4v) is 2.51. The second kappa shape index (κ2) is 5.42. The molecule has 22 heavy (non-hydrogen) atoms. The van der Waals surface area contributed by atoms with Crippen LogP contribution in [0.25, 0.3) is 0 Å². The Morgan fingerprint density at radius 2 is 2.23 bits per heavy atom. The zero-order chi connectivity index (χ0) is 15.9. The van der Waals surface area contributed by atoms with Gasteiger partial charge in [-0.1, -0.05) is 17.7 Å². The van der Waals surface area contributed by atoms with Crippen molar-refractivity contribution >= 4 is 35.1 Å². The van der Waals surface area contributed by atoms with Gasteiger partial charge in [-0.15, -0.1) is 0 Å². The molecule has 7 nitrogen and oxygen atoms in total. The zero-order valence-electron chi connectivity index (χ0n) is 12.1. The van der Waals surface area contributed by atoms with Gasteiger partial charge in [-0.3, -0.25) is 14.9 Å². The van der Waals surface area contributed by atoms with Crippen molar-refractivity contribution in [2.75, 3.05) is 10.6 Å². The Labute approximate surface area is 131 Å². The molecule has 114 valence electrons. The first kappa shape index (κ1) is 14.5. The minimum atomic E-state index is -0.733. The maximum absolute atomic E-state index is 12.5. The van der Waals surface area contributed by atoms with Gasteiger partial charge >= 0.3 is 0 Å². The predicted octanol–water partition coefficient (Wildman–Crippen LogP) is 2.07. The van der Waals surface area contributed by atoms with Crippen LogP contribution in [0.1, 0.15) is 23.9 Å². The van der Waals surface area contributed by atoms with Crippen LogP contribution in [-0.2, 0) is 9.59 Å². The molecule has 1 aliphatic heterocycles. The van der Waals surface area contributed by atoms with Crippen molar-refractivity contribution in [1.82, 2.24) is 14.8 Å². The van der Waals surface area contributed by atoms with E-state index in [1.165, 1.54) is 4.68 Å². The number of rotatable bonds is 2. The summed E-state index contributed by atoms with van der Waals surface area (Å²) in [6.07, 6.45) is 0.0151. The molecule has 0 spiro atoms. The van der Waals surface area contributed by atoms with Crippen LogP contribution in [0.5, 0.6) is 0 Å². The summed E-state index contributed by atoms with van der Waals surface area (Å²) in [7, 11) is 0. The van der Waals surface area contributed by atoms with E-state index in [9.17, 15) is 9.59 Å². The summed E-state index contributed by atoms with van der Waals surface area (Å²) >= 11 is 6.05. The highest BCUT2D eigenvalue weighted by Crippen LogP contribution is 2.27. The van der Waals surface area contributed by atoms with E-state index in [0.29, 0.717) is 16.5 Å². The number of halogens is 1. The number of hydrogen-bond donors (Lipinski definition) is 2. The first-order valence-electron chi connectivity index (χ1n) is 6.74. The van der Waals surface area contributed by atoms with Gasteiger partial charge in [0.2, 0.25) is 17.8 Å². The number of nitrogens with one attached hydrogen (secondary N) is 2. The molecule has 2 heterocycles. The lowest BCUT2D eigenvalue weighted by Crippen LogP contribution is -2.36. The van der Waals surface area contributed by atoms with E-state index < -0.39 is 6.04 Å². The fourth-order valence-electron chi connectivity index (χ4n) is 2.33. The van der Waals surface area contributed by atoms with Crippen LogP contribution < -0.4 is 10.6 Å². The number of benzene rings is 1. The number of hydrogen-bond acceptors (Lipinski definition) is 4. The van der Waals surface area contributed by atoms with Gasteiger partial charge in [0.15, 0.2) is 0 Å². The van der Waals surface area contributed by atoms with E-state index in [2.05, 4.69) is 20.7 Å². The third-order valence-corrected chi connectivity index (χ3v) is 3.90. The molecular formula is C14H14ClN5O2. The summed E-state index contributed by atoms with van der Waals surface area (Å²) in [5.41, 5.74) is 1.38. The average molecular weight is 320 g/mol. The molecule has 0 saturated heterocycles. The number of carbonyl (C=O) groups is 2. The Morgan fingerprint density at radius 1 is 1.45 bits per heavy atom. The molecule has 1 atom stereocenters. The molecule has 2 N–H and O–H groups in total. The molecule has 1 unspecified atom stereocenters. The molecule has 0 bridgehead atoms. The second-order valence-corrected chi connectivity index (χ2v) is 5.50. The number of aromatic nitrogens is 3. The summed E-state index contributed by atoms with van der Waals surface area (Å²) in [5, 5.41) is 10.1. The fraction of sp³-hybridized carbons (Fsp3) is 0.286. The average Bonchev–Trinajstić information content (AvgIpc) is 2.82. The van der Waals surface area contributed by atoms with Crippen molar-refractivity contribution in [3.05, 3.63) is 34.6 Å². The third-order valence-electron chi connectivity index (χ3n) is 3.49. The Bertz CT molecular complexity index is 771. The van der Waals surface area contributed by atoms with Crippen LogP contribution >= 0.6 is 11.6 Å². The minimum absolute atomic E-state index is 0.0151. The number of nitrogens with zero attached hydrogens (tertiary/aromatic N) is 3. The van der Waals surface area contributed by atoms with Crippen LogP contribution in [-0.4, -0.2) is 26.6 Å². The quantitative estimate of drug-likeness (QED) is 0.886. The molecule has 0 fully saturated rings. The van der Waals surface area contributed by atoms with Crippen molar-refractivity contribution < 1.29 is 9.59 Å². The number of aryl methyl sites for hydroxylation is 1. The highest BCUT2D eigenvalue weighted by atomic mass is 35.5.